The topological polar surface area (TPSA) is 38.7 Å². The lowest BCUT2D eigenvalue weighted by molar-refractivity contribution is -0.225. The Morgan fingerprint density at radius 1 is 0.889 bits per heavy atom. The van der Waals surface area contributed by atoms with Crippen molar-refractivity contribution in [2.75, 3.05) is 13.9 Å². The Morgan fingerprint density at radius 2 is 1.33 bits per heavy atom. The molecular weight excluding hydrogens is 228 g/mol. The fourth-order valence-corrected chi connectivity index (χ4v) is 1.81. The van der Waals surface area contributed by atoms with Gasteiger partial charge in [0.1, 0.15) is 0 Å². The summed E-state index contributed by atoms with van der Waals surface area (Å²) in [6, 6.07) is 18.5. The molecule has 0 atom stereocenters. The first-order valence-corrected chi connectivity index (χ1v) is 5.73. The van der Waals surface area contributed by atoms with E-state index in [1.54, 1.807) is 0 Å². The van der Waals surface area contributed by atoms with Gasteiger partial charge in [-0.25, -0.2) is 0 Å². The van der Waals surface area contributed by atoms with E-state index in [1.165, 1.54) is 7.11 Å². The van der Waals surface area contributed by atoms with Crippen molar-refractivity contribution in [3.63, 3.8) is 0 Å². The van der Waals surface area contributed by atoms with Gasteiger partial charge in [0, 0.05) is 18.2 Å². The largest absolute Gasteiger partial charge is 0.358 e. The van der Waals surface area contributed by atoms with Crippen molar-refractivity contribution in [3.8, 4) is 0 Å². The van der Waals surface area contributed by atoms with Crippen LogP contribution in [0.3, 0.4) is 0 Å². The molecule has 94 valence electrons. The summed E-state index contributed by atoms with van der Waals surface area (Å²) in [7, 11) is 1.52. The van der Waals surface area contributed by atoms with Crippen molar-refractivity contribution in [1.82, 2.24) is 0 Å². The summed E-state index contributed by atoms with van der Waals surface area (Å²) in [6.45, 7) is 0.0142. The van der Waals surface area contributed by atoms with Gasteiger partial charge >= 0.3 is 0 Å². The van der Waals surface area contributed by atoms with Crippen LogP contribution in [0.2, 0.25) is 0 Å². The standard InChI is InChI=1S/C15H16O3/c1-17-12-18-15(16,13-8-4-2-5-9-13)14-10-6-3-7-11-14/h2-11,16H,12H2,1H3. The summed E-state index contributed by atoms with van der Waals surface area (Å²) in [4.78, 5) is 0. The Labute approximate surface area is 107 Å². The molecule has 0 spiro atoms. The highest BCUT2D eigenvalue weighted by Gasteiger charge is 2.32. The maximum atomic E-state index is 10.8. The molecule has 3 nitrogen and oxygen atoms in total. The second kappa shape index (κ2) is 5.78. The zero-order valence-corrected chi connectivity index (χ0v) is 10.2. The third-order valence-corrected chi connectivity index (χ3v) is 2.72. The minimum absolute atomic E-state index is 0.0142. The molecule has 0 aliphatic heterocycles. The first-order valence-electron chi connectivity index (χ1n) is 5.73. The molecule has 0 radical (unpaired) electrons. The fourth-order valence-electron chi connectivity index (χ4n) is 1.81. The Kier molecular flexibility index (Phi) is 4.10. The molecule has 0 amide bonds. The summed E-state index contributed by atoms with van der Waals surface area (Å²) in [5.41, 5.74) is 1.35. The minimum atomic E-state index is -1.49. The number of benzene rings is 2. The van der Waals surface area contributed by atoms with Gasteiger partial charge in [-0.1, -0.05) is 60.7 Å². The molecule has 0 aliphatic rings. The third kappa shape index (κ3) is 2.59. The van der Waals surface area contributed by atoms with Crippen molar-refractivity contribution in [3.05, 3.63) is 71.8 Å². The number of ether oxygens (including phenoxy) is 2. The average molecular weight is 244 g/mol. The lowest BCUT2D eigenvalue weighted by Gasteiger charge is -2.28. The van der Waals surface area contributed by atoms with Crippen LogP contribution in [0, 0.1) is 0 Å². The van der Waals surface area contributed by atoms with E-state index in [0.29, 0.717) is 11.1 Å². The molecule has 3 heteroatoms. The summed E-state index contributed by atoms with van der Waals surface area (Å²) in [5, 5.41) is 10.8. The molecule has 2 rings (SSSR count). The first-order chi connectivity index (χ1) is 8.77. The Hall–Kier alpha value is -1.68. The predicted octanol–water partition coefficient (Wildman–Crippen LogP) is 2.50. The minimum Gasteiger partial charge on any atom is -0.358 e. The van der Waals surface area contributed by atoms with Crippen LogP contribution in [0.1, 0.15) is 11.1 Å². The van der Waals surface area contributed by atoms with E-state index >= 15 is 0 Å². The Balaban J connectivity index is 2.41. The lowest BCUT2D eigenvalue weighted by atomic mass is 9.97. The van der Waals surface area contributed by atoms with Crippen LogP contribution < -0.4 is 0 Å². The molecule has 18 heavy (non-hydrogen) atoms. The quantitative estimate of drug-likeness (QED) is 0.821. The third-order valence-electron chi connectivity index (χ3n) is 2.72. The van der Waals surface area contributed by atoms with Crippen LogP contribution >= 0.6 is 0 Å². The molecule has 0 aliphatic carbocycles. The summed E-state index contributed by atoms with van der Waals surface area (Å²) >= 11 is 0. The van der Waals surface area contributed by atoms with Crippen LogP contribution in [-0.2, 0) is 15.3 Å². The van der Waals surface area contributed by atoms with Crippen LogP contribution in [-0.4, -0.2) is 19.0 Å². The summed E-state index contributed by atoms with van der Waals surface area (Å²) in [5.74, 6) is -1.49. The van der Waals surface area contributed by atoms with Gasteiger partial charge in [0.05, 0.1) is 0 Å². The number of methoxy groups -OCH3 is 1. The molecule has 2 aromatic rings. The second-order valence-corrected chi connectivity index (χ2v) is 3.93. The average Bonchev–Trinajstić information content (AvgIpc) is 2.46. The van der Waals surface area contributed by atoms with Gasteiger partial charge in [-0.05, 0) is 0 Å². The van der Waals surface area contributed by atoms with E-state index in [0.717, 1.165) is 0 Å². The zero-order chi connectivity index (χ0) is 12.8. The van der Waals surface area contributed by atoms with Crippen LogP contribution in [0.5, 0.6) is 0 Å². The molecule has 0 saturated heterocycles. The molecule has 0 fully saturated rings. The fraction of sp³-hybridized carbons (Fsp3) is 0.200. The van der Waals surface area contributed by atoms with E-state index < -0.39 is 5.79 Å². The van der Waals surface area contributed by atoms with Crippen molar-refractivity contribution in [2.24, 2.45) is 0 Å². The van der Waals surface area contributed by atoms with E-state index in [9.17, 15) is 5.11 Å². The van der Waals surface area contributed by atoms with Gasteiger partial charge in [-0.3, -0.25) is 0 Å². The molecule has 0 unspecified atom stereocenters. The zero-order valence-electron chi connectivity index (χ0n) is 10.2. The molecular formula is C15H16O3. The number of aliphatic hydroxyl groups is 1. The smallest absolute Gasteiger partial charge is 0.221 e. The van der Waals surface area contributed by atoms with E-state index in [4.69, 9.17) is 9.47 Å². The highest BCUT2D eigenvalue weighted by molar-refractivity contribution is 5.33. The predicted molar refractivity (Wildman–Crippen MR) is 68.8 cm³/mol. The van der Waals surface area contributed by atoms with Gasteiger partial charge in [0.25, 0.3) is 0 Å². The Morgan fingerprint density at radius 3 is 1.72 bits per heavy atom. The van der Waals surface area contributed by atoms with E-state index in [-0.39, 0.29) is 6.79 Å². The molecule has 0 heterocycles. The van der Waals surface area contributed by atoms with Crippen molar-refractivity contribution >= 4 is 0 Å². The monoisotopic (exact) mass is 244 g/mol. The van der Waals surface area contributed by atoms with Gasteiger partial charge in [-0.15, -0.1) is 0 Å². The van der Waals surface area contributed by atoms with Crippen molar-refractivity contribution < 1.29 is 14.6 Å². The van der Waals surface area contributed by atoms with Crippen molar-refractivity contribution in [2.45, 2.75) is 5.79 Å². The van der Waals surface area contributed by atoms with Gasteiger partial charge in [0.2, 0.25) is 5.79 Å². The summed E-state index contributed by atoms with van der Waals surface area (Å²) in [6.07, 6.45) is 0. The van der Waals surface area contributed by atoms with Crippen LogP contribution in [0.25, 0.3) is 0 Å². The number of hydrogen-bond donors (Lipinski definition) is 1. The second-order valence-electron chi connectivity index (χ2n) is 3.93. The van der Waals surface area contributed by atoms with Crippen LogP contribution in [0.15, 0.2) is 60.7 Å². The highest BCUT2D eigenvalue weighted by Crippen LogP contribution is 2.30. The van der Waals surface area contributed by atoms with Gasteiger partial charge in [-0.2, -0.15) is 0 Å². The number of rotatable bonds is 5. The Bertz CT molecular complexity index is 428. The van der Waals surface area contributed by atoms with E-state index in [1.807, 2.05) is 60.7 Å². The molecule has 0 saturated carbocycles. The van der Waals surface area contributed by atoms with Gasteiger partial charge in [0.15, 0.2) is 6.79 Å². The summed E-state index contributed by atoms with van der Waals surface area (Å²) < 4.78 is 10.4. The molecule has 2 aromatic carbocycles. The first kappa shape index (κ1) is 12.8. The highest BCUT2D eigenvalue weighted by atomic mass is 16.7. The SMILES string of the molecule is COCOC(O)(c1ccccc1)c1ccccc1. The van der Waals surface area contributed by atoms with Gasteiger partial charge < -0.3 is 14.6 Å². The number of hydrogen-bond acceptors (Lipinski definition) is 3. The molecule has 0 bridgehead atoms. The van der Waals surface area contributed by atoms with Crippen molar-refractivity contribution in [1.29, 1.82) is 0 Å². The normalized spacial score (nSPS) is 11.4. The van der Waals surface area contributed by atoms with E-state index in [2.05, 4.69) is 0 Å². The lowest BCUT2D eigenvalue weighted by Crippen LogP contribution is -2.31. The molecule has 1 N–H and O–H groups in total. The van der Waals surface area contributed by atoms with Crippen LogP contribution in [0.4, 0.5) is 0 Å². The molecule has 0 aromatic heterocycles. The maximum absolute atomic E-state index is 10.8. The maximum Gasteiger partial charge on any atom is 0.221 e.